The van der Waals surface area contributed by atoms with E-state index < -0.39 is 0 Å². The lowest BCUT2D eigenvalue weighted by molar-refractivity contribution is -0.132. The van der Waals surface area contributed by atoms with Crippen molar-refractivity contribution in [3.8, 4) is 0 Å². The molecule has 1 atom stereocenters. The van der Waals surface area contributed by atoms with E-state index in [-0.39, 0.29) is 23.3 Å². The lowest BCUT2D eigenvalue weighted by Crippen LogP contribution is -2.43. The van der Waals surface area contributed by atoms with Crippen molar-refractivity contribution in [1.29, 1.82) is 0 Å². The molecule has 2 rings (SSSR count). The third-order valence-electron chi connectivity index (χ3n) is 4.83. The number of carbonyl (C=O) groups excluding carboxylic acids is 2. The number of amides is 2. The molecule has 1 saturated heterocycles. The highest BCUT2D eigenvalue weighted by Crippen LogP contribution is 2.28. The molecular formula is C18H32N2O2S. The average Bonchev–Trinajstić information content (AvgIpc) is 2.90. The Kier molecular flexibility index (Phi) is 6.81. The first-order valence-electron chi connectivity index (χ1n) is 9.07. The number of likely N-dealkylation sites (tertiary alicyclic amines) is 1. The lowest BCUT2D eigenvalue weighted by Gasteiger charge is -2.31. The van der Waals surface area contributed by atoms with Crippen LogP contribution in [0.5, 0.6) is 0 Å². The molecule has 1 N–H and O–H groups in total. The van der Waals surface area contributed by atoms with Crippen LogP contribution in [0, 0.1) is 5.92 Å². The average molecular weight is 341 g/mol. The summed E-state index contributed by atoms with van der Waals surface area (Å²) < 4.78 is 0. The molecule has 2 fully saturated rings. The second-order valence-electron chi connectivity index (χ2n) is 7.85. The van der Waals surface area contributed by atoms with Gasteiger partial charge in [0.25, 0.3) is 0 Å². The molecule has 0 aromatic rings. The number of thioether (sulfide) groups is 1. The Balaban J connectivity index is 1.61. The van der Waals surface area contributed by atoms with Crippen LogP contribution in [0.4, 0.5) is 0 Å². The molecular weight excluding hydrogens is 308 g/mol. The number of rotatable bonds is 6. The van der Waals surface area contributed by atoms with E-state index in [1.54, 1.807) is 0 Å². The van der Waals surface area contributed by atoms with Crippen LogP contribution in [0.2, 0.25) is 0 Å². The Morgan fingerprint density at radius 1 is 1.26 bits per heavy atom. The molecule has 4 nitrogen and oxygen atoms in total. The van der Waals surface area contributed by atoms with Gasteiger partial charge >= 0.3 is 0 Å². The molecule has 2 amide bonds. The maximum atomic E-state index is 12.2. The Morgan fingerprint density at radius 3 is 2.57 bits per heavy atom. The summed E-state index contributed by atoms with van der Waals surface area (Å²) in [4.78, 5) is 26.1. The second kappa shape index (κ2) is 8.41. The summed E-state index contributed by atoms with van der Waals surface area (Å²) in [6.45, 7) is 7.36. The standard InChI is InChI=1S/C18H32N2O2S/c1-18(2,3)20-13-14(12-16(20)21)17(22)19-10-7-11-23-15-8-5-4-6-9-15/h14-15H,4-13H2,1-3H3,(H,19,22). The Hall–Kier alpha value is -0.710. The van der Waals surface area contributed by atoms with E-state index in [0.29, 0.717) is 13.0 Å². The van der Waals surface area contributed by atoms with Crippen molar-refractivity contribution in [2.24, 2.45) is 5.92 Å². The lowest BCUT2D eigenvalue weighted by atomic mass is 10.0. The molecule has 2 aliphatic rings. The van der Waals surface area contributed by atoms with Gasteiger partial charge in [0.2, 0.25) is 11.8 Å². The van der Waals surface area contributed by atoms with Crippen molar-refractivity contribution in [3.05, 3.63) is 0 Å². The Morgan fingerprint density at radius 2 is 1.96 bits per heavy atom. The van der Waals surface area contributed by atoms with Gasteiger partial charge in [-0.15, -0.1) is 0 Å². The number of hydrogen-bond acceptors (Lipinski definition) is 3. The van der Waals surface area contributed by atoms with Crippen LogP contribution in [0.1, 0.15) is 65.7 Å². The number of carbonyl (C=O) groups is 2. The minimum Gasteiger partial charge on any atom is -0.356 e. The summed E-state index contributed by atoms with van der Waals surface area (Å²) in [7, 11) is 0. The van der Waals surface area contributed by atoms with Gasteiger partial charge in [0.15, 0.2) is 0 Å². The number of nitrogens with zero attached hydrogens (tertiary/aromatic N) is 1. The van der Waals surface area contributed by atoms with Crippen molar-refractivity contribution >= 4 is 23.6 Å². The summed E-state index contributed by atoms with van der Waals surface area (Å²) in [6.07, 6.45) is 8.28. The zero-order valence-electron chi connectivity index (χ0n) is 14.9. The van der Waals surface area contributed by atoms with Crippen molar-refractivity contribution in [2.45, 2.75) is 76.5 Å². The monoisotopic (exact) mass is 340 g/mol. The van der Waals surface area contributed by atoms with E-state index in [4.69, 9.17) is 0 Å². The predicted molar refractivity (Wildman–Crippen MR) is 96.5 cm³/mol. The van der Waals surface area contributed by atoms with Crippen LogP contribution < -0.4 is 5.32 Å². The number of hydrogen-bond donors (Lipinski definition) is 1. The molecule has 1 aliphatic carbocycles. The van der Waals surface area contributed by atoms with Gasteiger partial charge < -0.3 is 10.2 Å². The second-order valence-corrected chi connectivity index (χ2v) is 9.26. The third kappa shape index (κ3) is 5.70. The molecule has 0 aromatic carbocycles. The Labute approximate surface area is 145 Å². The maximum Gasteiger partial charge on any atom is 0.225 e. The molecule has 132 valence electrons. The van der Waals surface area contributed by atoms with Gasteiger partial charge in [0.1, 0.15) is 0 Å². The summed E-state index contributed by atoms with van der Waals surface area (Å²) in [6, 6.07) is 0. The Bertz CT molecular complexity index is 414. The van der Waals surface area contributed by atoms with Crippen molar-refractivity contribution in [1.82, 2.24) is 10.2 Å². The first-order chi connectivity index (χ1) is 10.9. The highest BCUT2D eigenvalue weighted by Gasteiger charge is 2.39. The number of nitrogens with one attached hydrogen (secondary N) is 1. The van der Waals surface area contributed by atoms with Gasteiger partial charge in [-0.05, 0) is 45.8 Å². The van der Waals surface area contributed by atoms with E-state index >= 15 is 0 Å². The van der Waals surface area contributed by atoms with Gasteiger partial charge in [-0.25, -0.2) is 0 Å². The SMILES string of the molecule is CC(C)(C)N1CC(C(=O)NCCCSC2CCCCC2)CC1=O. The molecule has 1 unspecified atom stereocenters. The van der Waals surface area contributed by atoms with E-state index in [1.807, 2.05) is 25.7 Å². The fourth-order valence-corrected chi connectivity index (χ4v) is 4.75. The minimum absolute atomic E-state index is 0.0489. The first-order valence-corrected chi connectivity index (χ1v) is 10.1. The summed E-state index contributed by atoms with van der Waals surface area (Å²) in [5.41, 5.74) is -0.192. The molecule has 5 heteroatoms. The predicted octanol–water partition coefficient (Wildman–Crippen LogP) is 3.21. The minimum atomic E-state index is -0.192. The smallest absolute Gasteiger partial charge is 0.225 e. The fourth-order valence-electron chi connectivity index (χ4n) is 3.44. The van der Waals surface area contributed by atoms with Crippen LogP contribution >= 0.6 is 11.8 Å². The summed E-state index contributed by atoms with van der Waals surface area (Å²) in [5.74, 6) is 1.11. The van der Waals surface area contributed by atoms with Crippen LogP contribution in [0.25, 0.3) is 0 Å². The highest BCUT2D eigenvalue weighted by molar-refractivity contribution is 7.99. The topological polar surface area (TPSA) is 49.4 Å². The molecule has 1 aliphatic heterocycles. The quantitative estimate of drug-likeness (QED) is 0.755. The first kappa shape index (κ1) is 18.6. The molecule has 0 spiro atoms. The molecule has 23 heavy (non-hydrogen) atoms. The van der Waals surface area contributed by atoms with Crippen molar-refractivity contribution in [3.63, 3.8) is 0 Å². The molecule has 0 aromatic heterocycles. The van der Waals surface area contributed by atoms with Crippen LogP contribution in [-0.4, -0.2) is 46.3 Å². The van der Waals surface area contributed by atoms with Gasteiger partial charge in [-0.1, -0.05) is 19.3 Å². The van der Waals surface area contributed by atoms with Gasteiger partial charge in [-0.2, -0.15) is 11.8 Å². The van der Waals surface area contributed by atoms with Crippen molar-refractivity contribution < 1.29 is 9.59 Å². The zero-order chi connectivity index (χ0) is 16.9. The largest absolute Gasteiger partial charge is 0.356 e. The summed E-state index contributed by atoms with van der Waals surface area (Å²) >= 11 is 2.07. The summed E-state index contributed by atoms with van der Waals surface area (Å²) in [5, 5.41) is 3.86. The maximum absolute atomic E-state index is 12.2. The normalized spacial score (nSPS) is 23.3. The van der Waals surface area contributed by atoms with E-state index in [1.165, 1.54) is 32.1 Å². The molecule has 0 bridgehead atoms. The van der Waals surface area contributed by atoms with Crippen molar-refractivity contribution in [2.75, 3.05) is 18.8 Å². The van der Waals surface area contributed by atoms with Gasteiger partial charge in [0.05, 0.1) is 5.92 Å². The molecule has 0 radical (unpaired) electrons. The van der Waals surface area contributed by atoms with Gasteiger partial charge in [-0.3, -0.25) is 9.59 Å². The van der Waals surface area contributed by atoms with Crippen LogP contribution in [-0.2, 0) is 9.59 Å². The van der Waals surface area contributed by atoms with Crippen LogP contribution in [0.3, 0.4) is 0 Å². The highest BCUT2D eigenvalue weighted by atomic mass is 32.2. The zero-order valence-corrected chi connectivity index (χ0v) is 15.7. The molecule has 1 saturated carbocycles. The third-order valence-corrected chi connectivity index (χ3v) is 6.30. The molecule has 1 heterocycles. The van der Waals surface area contributed by atoms with Crippen LogP contribution in [0.15, 0.2) is 0 Å². The fraction of sp³-hybridized carbons (Fsp3) is 0.889. The van der Waals surface area contributed by atoms with Gasteiger partial charge in [0, 0.05) is 30.3 Å². The van der Waals surface area contributed by atoms with E-state index in [0.717, 1.165) is 24.0 Å². The van der Waals surface area contributed by atoms with E-state index in [2.05, 4.69) is 17.1 Å². The van der Waals surface area contributed by atoms with E-state index in [9.17, 15) is 9.59 Å².